The van der Waals surface area contributed by atoms with Crippen LogP contribution in [0.25, 0.3) is 0 Å². The van der Waals surface area contributed by atoms with Crippen LogP contribution in [-0.4, -0.2) is 24.6 Å². The molecule has 0 aromatic heterocycles. The summed E-state index contributed by atoms with van der Waals surface area (Å²) in [5.41, 5.74) is -0.306. The van der Waals surface area contributed by atoms with Gasteiger partial charge in [-0.2, -0.15) is 0 Å². The van der Waals surface area contributed by atoms with Gasteiger partial charge in [-0.15, -0.1) is 0 Å². The molecule has 16 heavy (non-hydrogen) atoms. The van der Waals surface area contributed by atoms with Gasteiger partial charge in [0.25, 0.3) is 0 Å². The Morgan fingerprint density at radius 2 is 2.00 bits per heavy atom. The number of carbonyl (C=O) groups is 2. The molecule has 1 aliphatic rings. The van der Waals surface area contributed by atoms with Crippen LogP contribution < -0.4 is 0 Å². The predicted octanol–water partition coefficient (Wildman–Crippen LogP) is 1.92. The summed E-state index contributed by atoms with van der Waals surface area (Å²) in [5, 5.41) is 0. The van der Waals surface area contributed by atoms with E-state index < -0.39 is 6.29 Å². The summed E-state index contributed by atoms with van der Waals surface area (Å²) in [6.07, 6.45) is 0.665. The second-order valence-electron chi connectivity index (χ2n) is 5.35. The Hall–Kier alpha value is -0.900. The highest BCUT2D eigenvalue weighted by molar-refractivity contribution is 5.83. The van der Waals surface area contributed by atoms with Crippen LogP contribution in [0, 0.1) is 11.3 Å². The standard InChI is InChI=1S/C12H20O4/c1-8(13)16-11-6-9(7-15-11)5-10(14)12(2,3)4/h9,11H,5-7H2,1-4H3/t9-,11?/m0/s1. The minimum atomic E-state index is -0.463. The molecule has 0 spiro atoms. The summed E-state index contributed by atoms with van der Waals surface area (Å²) >= 11 is 0. The van der Waals surface area contributed by atoms with E-state index >= 15 is 0 Å². The summed E-state index contributed by atoms with van der Waals surface area (Å²) in [4.78, 5) is 22.5. The highest BCUT2D eigenvalue weighted by Gasteiger charge is 2.32. The molecule has 1 fully saturated rings. The Morgan fingerprint density at radius 3 is 2.50 bits per heavy atom. The number of hydrogen-bond acceptors (Lipinski definition) is 4. The lowest BCUT2D eigenvalue weighted by Crippen LogP contribution is -2.23. The summed E-state index contributed by atoms with van der Waals surface area (Å²) in [6, 6.07) is 0. The molecule has 1 saturated heterocycles. The molecule has 92 valence electrons. The van der Waals surface area contributed by atoms with Gasteiger partial charge < -0.3 is 9.47 Å². The van der Waals surface area contributed by atoms with E-state index in [0.29, 0.717) is 19.4 Å². The van der Waals surface area contributed by atoms with E-state index in [1.54, 1.807) is 0 Å². The lowest BCUT2D eigenvalue weighted by molar-refractivity contribution is -0.166. The third kappa shape index (κ3) is 3.93. The molecule has 1 rings (SSSR count). The molecule has 0 radical (unpaired) electrons. The quantitative estimate of drug-likeness (QED) is 0.692. The number of carbonyl (C=O) groups excluding carboxylic acids is 2. The molecule has 0 aromatic carbocycles. The molecule has 4 nitrogen and oxygen atoms in total. The van der Waals surface area contributed by atoms with Gasteiger partial charge in [0.2, 0.25) is 6.29 Å². The molecule has 0 aromatic rings. The summed E-state index contributed by atoms with van der Waals surface area (Å²) in [5.74, 6) is 0.0634. The van der Waals surface area contributed by atoms with E-state index in [-0.39, 0.29) is 23.1 Å². The van der Waals surface area contributed by atoms with Gasteiger partial charge in [0.15, 0.2) is 0 Å². The average Bonchev–Trinajstić information content (AvgIpc) is 2.49. The van der Waals surface area contributed by atoms with Gasteiger partial charge in [-0.25, -0.2) is 0 Å². The van der Waals surface area contributed by atoms with Crippen LogP contribution in [-0.2, 0) is 19.1 Å². The molecule has 0 bridgehead atoms. The van der Waals surface area contributed by atoms with Gasteiger partial charge in [-0.3, -0.25) is 9.59 Å². The fraction of sp³-hybridized carbons (Fsp3) is 0.833. The van der Waals surface area contributed by atoms with E-state index in [4.69, 9.17) is 9.47 Å². The van der Waals surface area contributed by atoms with E-state index in [9.17, 15) is 9.59 Å². The van der Waals surface area contributed by atoms with Crippen molar-refractivity contribution in [3.05, 3.63) is 0 Å². The largest absolute Gasteiger partial charge is 0.436 e. The van der Waals surface area contributed by atoms with Crippen molar-refractivity contribution in [3.63, 3.8) is 0 Å². The zero-order valence-electron chi connectivity index (χ0n) is 10.4. The average molecular weight is 228 g/mol. The number of ether oxygens (including phenoxy) is 2. The van der Waals surface area contributed by atoms with Crippen molar-refractivity contribution in [2.24, 2.45) is 11.3 Å². The molecule has 0 aliphatic carbocycles. The van der Waals surface area contributed by atoms with Crippen LogP contribution in [0.4, 0.5) is 0 Å². The van der Waals surface area contributed by atoms with E-state index in [2.05, 4.69) is 0 Å². The number of esters is 1. The maximum Gasteiger partial charge on any atom is 0.304 e. The first kappa shape index (κ1) is 13.2. The van der Waals surface area contributed by atoms with Gasteiger partial charge in [0.05, 0.1) is 6.61 Å². The Kier molecular flexibility index (Phi) is 4.08. The van der Waals surface area contributed by atoms with Crippen molar-refractivity contribution in [2.75, 3.05) is 6.61 Å². The van der Waals surface area contributed by atoms with Crippen LogP contribution in [0.2, 0.25) is 0 Å². The predicted molar refractivity (Wildman–Crippen MR) is 58.7 cm³/mol. The fourth-order valence-corrected chi connectivity index (χ4v) is 1.63. The van der Waals surface area contributed by atoms with Crippen molar-refractivity contribution in [1.29, 1.82) is 0 Å². The topological polar surface area (TPSA) is 52.6 Å². The van der Waals surface area contributed by atoms with Crippen LogP contribution >= 0.6 is 0 Å². The summed E-state index contributed by atoms with van der Waals surface area (Å²) in [6.45, 7) is 7.59. The van der Waals surface area contributed by atoms with Crippen molar-refractivity contribution < 1.29 is 19.1 Å². The maximum atomic E-state index is 11.8. The molecule has 0 N–H and O–H groups in total. The highest BCUT2D eigenvalue weighted by Crippen LogP contribution is 2.27. The van der Waals surface area contributed by atoms with E-state index in [0.717, 1.165) is 0 Å². The molecular weight excluding hydrogens is 208 g/mol. The lowest BCUT2D eigenvalue weighted by atomic mass is 9.85. The molecule has 1 heterocycles. The smallest absolute Gasteiger partial charge is 0.304 e. The van der Waals surface area contributed by atoms with Crippen molar-refractivity contribution in [3.8, 4) is 0 Å². The number of ketones is 1. The first-order chi connectivity index (χ1) is 7.29. The van der Waals surface area contributed by atoms with Crippen molar-refractivity contribution in [2.45, 2.75) is 46.8 Å². The van der Waals surface area contributed by atoms with E-state index in [1.807, 2.05) is 20.8 Å². The van der Waals surface area contributed by atoms with Crippen molar-refractivity contribution in [1.82, 2.24) is 0 Å². The van der Waals surface area contributed by atoms with Crippen LogP contribution in [0.1, 0.15) is 40.5 Å². The lowest BCUT2D eigenvalue weighted by Gasteiger charge is -2.18. The van der Waals surface area contributed by atoms with Crippen LogP contribution in [0.15, 0.2) is 0 Å². The second-order valence-corrected chi connectivity index (χ2v) is 5.35. The molecule has 2 atom stereocenters. The Bertz CT molecular complexity index is 277. The van der Waals surface area contributed by atoms with Crippen molar-refractivity contribution >= 4 is 11.8 Å². The van der Waals surface area contributed by atoms with Gasteiger partial charge in [0, 0.05) is 25.2 Å². The van der Waals surface area contributed by atoms with E-state index in [1.165, 1.54) is 6.92 Å². The number of hydrogen-bond donors (Lipinski definition) is 0. The maximum absolute atomic E-state index is 11.8. The number of rotatable bonds is 3. The normalized spacial score (nSPS) is 25.5. The third-order valence-electron chi connectivity index (χ3n) is 2.65. The first-order valence-electron chi connectivity index (χ1n) is 5.61. The molecule has 1 unspecified atom stereocenters. The zero-order valence-corrected chi connectivity index (χ0v) is 10.4. The molecule has 4 heteroatoms. The first-order valence-corrected chi connectivity index (χ1v) is 5.61. The Balaban J connectivity index is 2.37. The summed E-state index contributed by atoms with van der Waals surface area (Å²) in [7, 11) is 0. The van der Waals surface area contributed by atoms with Gasteiger partial charge in [-0.05, 0) is 5.92 Å². The fourth-order valence-electron chi connectivity index (χ4n) is 1.63. The third-order valence-corrected chi connectivity index (χ3v) is 2.65. The Labute approximate surface area is 96.3 Å². The zero-order chi connectivity index (χ0) is 12.3. The highest BCUT2D eigenvalue weighted by atomic mass is 16.7. The number of Topliss-reactive ketones (excluding diaryl/α,β-unsaturated/α-hetero) is 1. The second kappa shape index (κ2) is 4.95. The van der Waals surface area contributed by atoms with Gasteiger partial charge in [-0.1, -0.05) is 20.8 Å². The van der Waals surface area contributed by atoms with Crippen LogP contribution in [0.5, 0.6) is 0 Å². The molecule has 1 aliphatic heterocycles. The van der Waals surface area contributed by atoms with Gasteiger partial charge >= 0.3 is 5.97 Å². The molecular formula is C12H20O4. The SMILES string of the molecule is CC(=O)OC1C[C@H](CC(=O)C(C)(C)C)CO1. The summed E-state index contributed by atoms with van der Waals surface area (Å²) < 4.78 is 10.2. The molecule has 0 saturated carbocycles. The minimum absolute atomic E-state index is 0.177. The monoisotopic (exact) mass is 228 g/mol. The van der Waals surface area contributed by atoms with Crippen LogP contribution in [0.3, 0.4) is 0 Å². The minimum Gasteiger partial charge on any atom is -0.436 e. The molecule has 0 amide bonds. The Morgan fingerprint density at radius 1 is 1.38 bits per heavy atom. The van der Waals surface area contributed by atoms with Gasteiger partial charge in [0.1, 0.15) is 5.78 Å².